The van der Waals surface area contributed by atoms with E-state index in [9.17, 15) is 9.59 Å². The third-order valence-corrected chi connectivity index (χ3v) is 3.48. The largest absolute Gasteiger partial charge is 0.478 e. The standard InChI is InChI=1S/C15H12INO3/c16-13-7-5-11(6-8-13)14(18)17-9-10-1-3-12(4-2-10)15(19)20/h1-8H,9H2,(H,17,18)(H,19,20). The lowest BCUT2D eigenvalue weighted by Crippen LogP contribution is -2.22. The minimum Gasteiger partial charge on any atom is -0.478 e. The van der Waals surface area contributed by atoms with Crippen molar-refractivity contribution < 1.29 is 14.7 Å². The number of carboxylic acids is 1. The minimum atomic E-state index is -0.959. The van der Waals surface area contributed by atoms with E-state index >= 15 is 0 Å². The van der Waals surface area contributed by atoms with Crippen molar-refractivity contribution in [1.82, 2.24) is 5.32 Å². The van der Waals surface area contributed by atoms with Crippen LogP contribution in [-0.4, -0.2) is 17.0 Å². The molecule has 102 valence electrons. The highest BCUT2D eigenvalue weighted by Crippen LogP contribution is 2.08. The summed E-state index contributed by atoms with van der Waals surface area (Å²) in [6.07, 6.45) is 0. The van der Waals surface area contributed by atoms with Gasteiger partial charge < -0.3 is 10.4 Å². The lowest BCUT2D eigenvalue weighted by atomic mass is 10.1. The number of hydrogen-bond donors (Lipinski definition) is 2. The highest BCUT2D eigenvalue weighted by atomic mass is 127. The van der Waals surface area contributed by atoms with Gasteiger partial charge in [0.05, 0.1) is 5.56 Å². The molecule has 0 heterocycles. The minimum absolute atomic E-state index is 0.149. The van der Waals surface area contributed by atoms with Crippen molar-refractivity contribution in [1.29, 1.82) is 0 Å². The van der Waals surface area contributed by atoms with E-state index in [1.54, 1.807) is 24.3 Å². The first-order valence-corrected chi connectivity index (χ1v) is 7.00. The molecule has 20 heavy (non-hydrogen) atoms. The quantitative estimate of drug-likeness (QED) is 0.801. The van der Waals surface area contributed by atoms with Crippen LogP contribution >= 0.6 is 22.6 Å². The van der Waals surface area contributed by atoms with Gasteiger partial charge in [0.25, 0.3) is 5.91 Å². The first-order chi connectivity index (χ1) is 9.56. The summed E-state index contributed by atoms with van der Waals surface area (Å²) < 4.78 is 1.07. The number of benzene rings is 2. The van der Waals surface area contributed by atoms with Crippen LogP contribution in [0.15, 0.2) is 48.5 Å². The van der Waals surface area contributed by atoms with Gasteiger partial charge in [0.15, 0.2) is 0 Å². The van der Waals surface area contributed by atoms with Gasteiger partial charge >= 0.3 is 5.97 Å². The van der Waals surface area contributed by atoms with Crippen molar-refractivity contribution in [3.05, 3.63) is 68.8 Å². The van der Waals surface area contributed by atoms with E-state index in [0.29, 0.717) is 12.1 Å². The van der Waals surface area contributed by atoms with Gasteiger partial charge in [-0.3, -0.25) is 4.79 Å². The Bertz CT molecular complexity index is 621. The maximum atomic E-state index is 11.9. The topological polar surface area (TPSA) is 66.4 Å². The Morgan fingerprint density at radius 3 is 2.05 bits per heavy atom. The second kappa shape index (κ2) is 6.51. The fourth-order valence-corrected chi connectivity index (χ4v) is 2.01. The summed E-state index contributed by atoms with van der Waals surface area (Å²) in [4.78, 5) is 22.6. The monoisotopic (exact) mass is 381 g/mol. The maximum absolute atomic E-state index is 11.9. The van der Waals surface area contributed by atoms with Gasteiger partial charge in [0, 0.05) is 15.7 Å². The number of nitrogens with one attached hydrogen (secondary N) is 1. The third-order valence-electron chi connectivity index (χ3n) is 2.76. The molecule has 0 atom stereocenters. The van der Waals surface area contributed by atoms with E-state index in [4.69, 9.17) is 5.11 Å². The summed E-state index contributed by atoms with van der Waals surface area (Å²) in [5.41, 5.74) is 1.69. The Labute approximate surface area is 130 Å². The van der Waals surface area contributed by atoms with Crippen molar-refractivity contribution >= 4 is 34.5 Å². The van der Waals surface area contributed by atoms with Crippen LogP contribution < -0.4 is 5.32 Å². The Kier molecular flexibility index (Phi) is 4.73. The summed E-state index contributed by atoms with van der Waals surface area (Å²) in [6.45, 7) is 0.366. The molecule has 0 aliphatic carbocycles. The molecule has 2 aromatic rings. The summed E-state index contributed by atoms with van der Waals surface area (Å²) in [5.74, 6) is -1.11. The number of carbonyl (C=O) groups excluding carboxylic acids is 1. The van der Waals surface area contributed by atoms with Gasteiger partial charge in [0.1, 0.15) is 0 Å². The van der Waals surface area contributed by atoms with Crippen LogP contribution in [0.5, 0.6) is 0 Å². The fraction of sp³-hybridized carbons (Fsp3) is 0.0667. The van der Waals surface area contributed by atoms with Crippen molar-refractivity contribution in [2.45, 2.75) is 6.54 Å². The van der Waals surface area contributed by atoms with Gasteiger partial charge in [-0.1, -0.05) is 12.1 Å². The third kappa shape index (κ3) is 3.80. The molecule has 0 radical (unpaired) electrons. The molecule has 2 N–H and O–H groups in total. The van der Waals surface area contributed by atoms with Crippen LogP contribution in [0.2, 0.25) is 0 Å². The van der Waals surface area contributed by atoms with Crippen LogP contribution in [0.1, 0.15) is 26.3 Å². The van der Waals surface area contributed by atoms with Gasteiger partial charge in [-0.2, -0.15) is 0 Å². The van der Waals surface area contributed by atoms with Gasteiger partial charge in [-0.15, -0.1) is 0 Å². The fourth-order valence-electron chi connectivity index (χ4n) is 1.65. The number of aromatic carboxylic acids is 1. The van der Waals surface area contributed by atoms with E-state index < -0.39 is 5.97 Å². The van der Waals surface area contributed by atoms with E-state index in [2.05, 4.69) is 27.9 Å². The Hall–Kier alpha value is -1.89. The maximum Gasteiger partial charge on any atom is 0.335 e. The number of hydrogen-bond acceptors (Lipinski definition) is 2. The molecule has 0 saturated heterocycles. The molecular weight excluding hydrogens is 369 g/mol. The van der Waals surface area contributed by atoms with Crippen molar-refractivity contribution in [3.63, 3.8) is 0 Å². The zero-order valence-corrected chi connectivity index (χ0v) is 12.6. The van der Waals surface area contributed by atoms with Gasteiger partial charge in [-0.25, -0.2) is 4.79 Å². The van der Waals surface area contributed by atoms with Gasteiger partial charge in [0.2, 0.25) is 0 Å². The average Bonchev–Trinajstić information content (AvgIpc) is 2.46. The van der Waals surface area contributed by atoms with Crippen LogP contribution in [0.3, 0.4) is 0 Å². The SMILES string of the molecule is O=C(O)c1ccc(CNC(=O)c2ccc(I)cc2)cc1. The molecular formula is C15H12INO3. The van der Waals surface area contributed by atoms with E-state index in [1.165, 1.54) is 12.1 Å². The van der Waals surface area contributed by atoms with Crippen molar-refractivity contribution in [2.24, 2.45) is 0 Å². The van der Waals surface area contributed by atoms with Gasteiger partial charge in [-0.05, 0) is 64.6 Å². The van der Waals surface area contributed by atoms with Crippen LogP contribution in [0.25, 0.3) is 0 Å². The predicted molar refractivity (Wildman–Crippen MR) is 83.7 cm³/mol. The molecule has 5 heteroatoms. The van der Waals surface area contributed by atoms with Crippen LogP contribution in [0, 0.1) is 3.57 Å². The Morgan fingerprint density at radius 1 is 0.950 bits per heavy atom. The van der Waals surface area contributed by atoms with E-state index in [1.807, 2.05) is 12.1 Å². The molecule has 0 aliphatic heterocycles. The van der Waals surface area contributed by atoms with E-state index in [-0.39, 0.29) is 11.5 Å². The molecule has 0 bridgehead atoms. The molecule has 0 spiro atoms. The van der Waals surface area contributed by atoms with E-state index in [0.717, 1.165) is 9.13 Å². The second-order valence-corrected chi connectivity index (χ2v) is 5.44. The Balaban J connectivity index is 1.96. The molecule has 0 fully saturated rings. The lowest BCUT2D eigenvalue weighted by molar-refractivity contribution is 0.0696. The molecule has 0 aliphatic rings. The summed E-state index contributed by atoms with van der Waals surface area (Å²) >= 11 is 2.18. The zero-order chi connectivity index (χ0) is 14.5. The highest BCUT2D eigenvalue weighted by Gasteiger charge is 2.06. The highest BCUT2D eigenvalue weighted by molar-refractivity contribution is 14.1. The molecule has 2 rings (SSSR count). The number of halogens is 1. The molecule has 1 amide bonds. The molecule has 0 unspecified atom stereocenters. The van der Waals surface area contributed by atoms with Crippen LogP contribution in [0.4, 0.5) is 0 Å². The molecule has 4 nitrogen and oxygen atoms in total. The number of carboxylic acid groups (broad SMARTS) is 1. The lowest BCUT2D eigenvalue weighted by Gasteiger charge is -2.06. The molecule has 0 saturated carbocycles. The summed E-state index contributed by atoms with van der Waals surface area (Å²) in [7, 11) is 0. The van der Waals surface area contributed by atoms with Crippen LogP contribution in [-0.2, 0) is 6.54 Å². The first-order valence-electron chi connectivity index (χ1n) is 5.92. The molecule has 0 aromatic heterocycles. The normalized spacial score (nSPS) is 10.1. The smallest absolute Gasteiger partial charge is 0.335 e. The number of amides is 1. The van der Waals surface area contributed by atoms with Crippen molar-refractivity contribution in [3.8, 4) is 0 Å². The predicted octanol–water partition coefficient (Wildman–Crippen LogP) is 2.92. The number of rotatable bonds is 4. The zero-order valence-electron chi connectivity index (χ0n) is 10.5. The summed E-state index contributed by atoms with van der Waals surface area (Å²) in [5, 5.41) is 11.6. The first kappa shape index (κ1) is 14.5. The summed E-state index contributed by atoms with van der Waals surface area (Å²) in [6, 6.07) is 13.7. The molecule has 2 aromatic carbocycles. The Morgan fingerprint density at radius 2 is 1.50 bits per heavy atom. The average molecular weight is 381 g/mol. The van der Waals surface area contributed by atoms with Crippen molar-refractivity contribution in [2.75, 3.05) is 0 Å². The second-order valence-electron chi connectivity index (χ2n) is 4.19. The number of carbonyl (C=O) groups is 2.